The van der Waals surface area contributed by atoms with Gasteiger partial charge in [0.25, 0.3) is 11.8 Å². The normalized spacial score (nSPS) is 14.3. The van der Waals surface area contributed by atoms with Crippen LogP contribution in [0.3, 0.4) is 0 Å². The van der Waals surface area contributed by atoms with Gasteiger partial charge in [-0.15, -0.1) is 0 Å². The van der Waals surface area contributed by atoms with Gasteiger partial charge >= 0.3 is 5.97 Å². The van der Waals surface area contributed by atoms with E-state index in [9.17, 15) is 19.5 Å². The quantitative estimate of drug-likeness (QED) is 0.363. The summed E-state index contributed by atoms with van der Waals surface area (Å²) in [5.41, 5.74) is 0.614. The molecular weight excluding hydrogens is 472 g/mol. The second kappa shape index (κ2) is 11.4. The number of hydrogen-bond acceptors (Lipinski definition) is 8. The van der Waals surface area contributed by atoms with Crippen LogP contribution in [-0.2, 0) is 11.2 Å². The number of carbonyl (C=O) groups is 3. The lowest BCUT2D eigenvalue weighted by Gasteiger charge is -2.31. The first kappa shape index (κ1) is 24.9. The number of thiazole rings is 1. The number of aromatic carboxylic acids is 1. The number of aromatic nitrogens is 3. The van der Waals surface area contributed by atoms with Crippen molar-refractivity contribution in [3.63, 3.8) is 0 Å². The molecule has 0 spiro atoms. The lowest BCUT2D eigenvalue weighted by atomic mass is 10.1. The Morgan fingerprint density at radius 2 is 1.97 bits per heavy atom. The number of amides is 2. The molecule has 1 aliphatic heterocycles. The van der Waals surface area contributed by atoms with Crippen LogP contribution in [0.1, 0.15) is 63.2 Å². The molecule has 2 aromatic rings. The van der Waals surface area contributed by atoms with Gasteiger partial charge in [-0.05, 0) is 26.2 Å². The maximum Gasteiger partial charge on any atom is 0.348 e. The van der Waals surface area contributed by atoms with E-state index in [0.29, 0.717) is 61.5 Å². The van der Waals surface area contributed by atoms with E-state index >= 15 is 0 Å². The number of aryl methyl sites for hydroxylation is 1. The zero-order valence-electron chi connectivity index (χ0n) is 18.4. The molecule has 2 aromatic heterocycles. The number of imidazole rings is 1. The number of H-pyrrole nitrogens is 1. The lowest BCUT2D eigenvalue weighted by molar-refractivity contribution is 0.0695. The Hall–Kier alpha value is -2.70. The molecule has 3 heterocycles. The van der Waals surface area contributed by atoms with E-state index < -0.39 is 11.9 Å². The van der Waals surface area contributed by atoms with Gasteiger partial charge in [0.05, 0.1) is 12.3 Å². The van der Waals surface area contributed by atoms with Gasteiger partial charge in [-0.25, -0.2) is 14.8 Å². The number of halogens is 1. The fourth-order valence-corrected chi connectivity index (χ4v) is 4.63. The number of nitrogens with one attached hydrogen (secondary N) is 3. The molecule has 4 N–H and O–H groups in total. The summed E-state index contributed by atoms with van der Waals surface area (Å²) in [5.74, 6) is -1.87. The second-order valence-electron chi connectivity index (χ2n) is 7.38. The number of carbonyl (C=O) groups excluding carboxylic acids is 2. The maximum absolute atomic E-state index is 12.5. The van der Waals surface area contributed by atoms with Crippen LogP contribution in [0.25, 0.3) is 0 Å². The molecule has 0 atom stereocenters. The van der Waals surface area contributed by atoms with Crippen molar-refractivity contribution in [2.75, 3.05) is 37.7 Å². The number of rotatable bonds is 10. The third-order valence-corrected chi connectivity index (χ3v) is 6.58. The number of carboxylic acids is 1. The molecule has 13 heteroatoms. The van der Waals surface area contributed by atoms with Crippen LogP contribution in [0.15, 0.2) is 0 Å². The highest BCUT2D eigenvalue weighted by atomic mass is 35.5. The summed E-state index contributed by atoms with van der Waals surface area (Å²) < 4.78 is 5.18. The zero-order valence-corrected chi connectivity index (χ0v) is 20.0. The number of nitrogens with zero attached hydrogens (tertiary/aromatic N) is 3. The van der Waals surface area contributed by atoms with Gasteiger partial charge in [0.15, 0.2) is 21.8 Å². The largest absolute Gasteiger partial charge is 0.477 e. The minimum atomic E-state index is -1.19. The highest BCUT2D eigenvalue weighted by Gasteiger charge is 2.28. The standard InChI is InChI=1S/C20H27ClN6O5S/c1-3-12-15(21)26-16(24-12)18(29)23-11-5-8-27(9-6-11)20-25-13(14(33-20)19(30)31)17(28)22-7-10-32-4-2/h11H,3-10H2,1-2H3,(H,22,28)(H,23,29)(H,24,26)(H,30,31). The number of carboxylic acid groups (broad SMARTS) is 1. The molecule has 0 aliphatic carbocycles. The van der Waals surface area contributed by atoms with E-state index in [4.69, 9.17) is 16.3 Å². The SMILES string of the molecule is CCOCCNC(=O)c1nc(N2CCC(NC(=O)c3nc(Cl)c(CC)[nH]3)CC2)sc1C(=O)O. The Kier molecular flexibility index (Phi) is 8.64. The van der Waals surface area contributed by atoms with E-state index in [2.05, 4.69) is 25.6 Å². The van der Waals surface area contributed by atoms with Crippen molar-refractivity contribution >= 4 is 45.9 Å². The summed E-state index contributed by atoms with van der Waals surface area (Å²) >= 11 is 6.98. The fraction of sp³-hybridized carbons (Fsp3) is 0.550. The molecule has 1 fully saturated rings. The average Bonchev–Trinajstić information content (AvgIpc) is 3.41. The predicted molar refractivity (Wildman–Crippen MR) is 124 cm³/mol. The van der Waals surface area contributed by atoms with E-state index in [1.54, 1.807) is 0 Å². The topological polar surface area (TPSA) is 150 Å². The smallest absolute Gasteiger partial charge is 0.348 e. The van der Waals surface area contributed by atoms with E-state index in [1.807, 2.05) is 18.7 Å². The van der Waals surface area contributed by atoms with Gasteiger partial charge in [0, 0.05) is 32.3 Å². The highest BCUT2D eigenvalue weighted by molar-refractivity contribution is 7.17. The minimum absolute atomic E-state index is 0.0667. The van der Waals surface area contributed by atoms with Crippen molar-refractivity contribution in [2.45, 2.75) is 39.2 Å². The monoisotopic (exact) mass is 498 g/mol. The van der Waals surface area contributed by atoms with Crippen LogP contribution in [0.2, 0.25) is 5.15 Å². The molecule has 0 bridgehead atoms. The van der Waals surface area contributed by atoms with E-state index in [-0.39, 0.29) is 34.9 Å². The molecule has 11 nitrogen and oxygen atoms in total. The molecule has 0 saturated carbocycles. The summed E-state index contributed by atoms with van der Waals surface area (Å²) in [6.07, 6.45) is 1.92. The highest BCUT2D eigenvalue weighted by Crippen LogP contribution is 2.29. The van der Waals surface area contributed by atoms with Gasteiger partial charge in [-0.2, -0.15) is 0 Å². The summed E-state index contributed by atoms with van der Waals surface area (Å²) in [4.78, 5) is 49.6. The Morgan fingerprint density at radius 1 is 1.24 bits per heavy atom. The molecule has 33 heavy (non-hydrogen) atoms. The van der Waals surface area contributed by atoms with Crippen molar-refractivity contribution in [3.05, 3.63) is 27.2 Å². The first-order chi connectivity index (χ1) is 15.8. The average molecular weight is 499 g/mol. The molecule has 0 unspecified atom stereocenters. The maximum atomic E-state index is 12.5. The summed E-state index contributed by atoms with van der Waals surface area (Å²) in [6.45, 7) is 6.02. The Bertz CT molecular complexity index is 1000. The Morgan fingerprint density at radius 3 is 2.58 bits per heavy atom. The lowest BCUT2D eigenvalue weighted by Crippen LogP contribution is -2.45. The van der Waals surface area contributed by atoms with Gasteiger partial charge in [-0.1, -0.05) is 29.9 Å². The fourth-order valence-electron chi connectivity index (χ4n) is 3.41. The van der Waals surface area contributed by atoms with Crippen molar-refractivity contribution < 1.29 is 24.2 Å². The van der Waals surface area contributed by atoms with Crippen LogP contribution < -0.4 is 15.5 Å². The number of aromatic amines is 1. The molecule has 2 amide bonds. The van der Waals surface area contributed by atoms with Crippen molar-refractivity contribution in [3.8, 4) is 0 Å². The van der Waals surface area contributed by atoms with Crippen molar-refractivity contribution in [1.29, 1.82) is 0 Å². The third-order valence-electron chi connectivity index (χ3n) is 5.16. The summed E-state index contributed by atoms with van der Waals surface area (Å²) in [7, 11) is 0. The van der Waals surface area contributed by atoms with Crippen LogP contribution in [-0.4, -0.2) is 76.7 Å². The molecule has 1 saturated heterocycles. The Balaban J connectivity index is 1.58. The van der Waals surface area contributed by atoms with Crippen LogP contribution in [0.4, 0.5) is 5.13 Å². The van der Waals surface area contributed by atoms with Gasteiger partial charge in [0.1, 0.15) is 4.88 Å². The van der Waals surface area contributed by atoms with Crippen molar-refractivity contribution in [1.82, 2.24) is 25.6 Å². The van der Waals surface area contributed by atoms with Gasteiger partial charge in [-0.3, -0.25) is 9.59 Å². The van der Waals surface area contributed by atoms with Crippen LogP contribution in [0, 0.1) is 0 Å². The molecule has 180 valence electrons. The van der Waals surface area contributed by atoms with Crippen molar-refractivity contribution in [2.24, 2.45) is 0 Å². The Labute approximate surface area is 199 Å². The van der Waals surface area contributed by atoms with Crippen LogP contribution >= 0.6 is 22.9 Å². The van der Waals surface area contributed by atoms with Gasteiger partial charge < -0.3 is 30.4 Å². The zero-order chi connectivity index (χ0) is 24.0. The number of piperidine rings is 1. The molecule has 3 rings (SSSR count). The van der Waals surface area contributed by atoms with E-state index in [1.165, 1.54) is 0 Å². The number of hydrogen-bond donors (Lipinski definition) is 4. The van der Waals surface area contributed by atoms with E-state index in [0.717, 1.165) is 11.3 Å². The minimum Gasteiger partial charge on any atom is -0.477 e. The first-order valence-electron chi connectivity index (χ1n) is 10.7. The van der Waals surface area contributed by atoms with Gasteiger partial charge in [0.2, 0.25) is 0 Å². The second-order valence-corrected chi connectivity index (χ2v) is 8.71. The molecule has 1 aliphatic rings. The molecular formula is C20H27ClN6O5S. The first-order valence-corrected chi connectivity index (χ1v) is 11.9. The number of ether oxygens (including phenoxy) is 1. The number of anilines is 1. The predicted octanol–water partition coefficient (Wildman–Crippen LogP) is 1.95. The summed E-state index contributed by atoms with van der Waals surface area (Å²) in [6, 6.07) is -0.0667. The molecule has 0 radical (unpaired) electrons. The third kappa shape index (κ3) is 6.21. The van der Waals surface area contributed by atoms with Crippen LogP contribution in [0.5, 0.6) is 0 Å². The summed E-state index contributed by atoms with van der Waals surface area (Å²) in [5, 5.41) is 15.9. The molecule has 0 aromatic carbocycles.